The van der Waals surface area contributed by atoms with E-state index in [4.69, 9.17) is 0 Å². The molecule has 1 amide bonds. The third kappa shape index (κ3) is 4.22. The Morgan fingerprint density at radius 2 is 1.93 bits per heavy atom. The Kier molecular flexibility index (Phi) is 5.25. The fraction of sp³-hybridized carbons (Fsp3) is 0.286. The van der Waals surface area contributed by atoms with E-state index in [-0.39, 0.29) is 11.9 Å². The standard InChI is InChI=1S/C21H22N4OS/c1-15-7-5-6-10-18(15)25-14-22-24-21(25)27-13-19(26)23-20(17-11-12-17)16-8-3-2-4-9-16/h2-10,14,17,20H,11-13H2,1H3,(H,23,26). The molecule has 0 radical (unpaired) electrons. The SMILES string of the molecule is Cc1ccccc1-n1cnnc1SCC(=O)NC(c1ccccc1)C1CC1. The van der Waals surface area contributed by atoms with Gasteiger partial charge in [-0.2, -0.15) is 0 Å². The molecule has 1 aromatic heterocycles. The van der Waals surface area contributed by atoms with Crippen molar-refractivity contribution in [1.29, 1.82) is 0 Å². The number of para-hydroxylation sites is 1. The summed E-state index contributed by atoms with van der Waals surface area (Å²) in [5.41, 5.74) is 3.36. The zero-order valence-corrected chi connectivity index (χ0v) is 16.0. The van der Waals surface area contributed by atoms with E-state index >= 15 is 0 Å². The highest BCUT2D eigenvalue weighted by atomic mass is 32.2. The van der Waals surface area contributed by atoms with E-state index in [1.807, 2.05) is 41.0 Å². The fourth-order valence-corrected chi connectivity index (χ4v) is 3.96. The zero-order chi connectivity index (χ0) is 18.6. The molecule has 0 bridgehead atoms. The molecule has 0 spiro atoms. The number of carbonyl (C=O) groups excluding carboxylic acids is 1. The van der Waals surface area contributed by atoms with Crippen molar-refractivity contribution in [2.24, 2.45) is 5.92 Å². The predicted molar refractivity (Wildman–Crippen MR) is 107 cm³/mol. The van der Waals surface area contributed by atoms with Crippen molar-refractivity contribution < 1.29 is 4.79 Å². The van der Waals surface area contributed by atoms with Crippen LogP contribution in [0.2, 0.25) is 0 Å². The van der Waals surface area contributed by atoms with Crippen molar-refractivity contribution in [3.8, 4) is 5.69 Å². The highest BCUT2D eigenvalue weighted by Gasteiger charge is 2.33. The number of aryl methyl sites for hydroxylation is 1. The fourth-order valence-electron chi connectivity index (χ4n) is 3.23. The van der Waals surface area contributed by atoms with Gasteiger partial charge in [-0.1, -0.05) is 60.3 Å². The molecule has 3 aromatic rings. The molecule has 27 heavy (non-hydrogen) atoms. The summed E-state index contributed by atoms with van der Waals surface area (Å²) < 4.78 is 1.93. The van der Waals surface area contributed by atoms with Crippen LogP contribution >= 0.6 is 11.8 Å². The van der Waals surface area contributed by atoms with E-state index in [9.17, 15) is 4.79 Å². The Morgan fingerprint density at radius 3 is 2.67 bits per heavy atom. The Bertz CT molecular complexity index is 921. The van der Waals surface area contributed by atoms with Gasteiger partial charge in [0.1, 0.15) is 6.33 Å². The molecule has 0 aliphatic heterocycles. The van der Waals surface area contributed by atoms with Gasteiger partial charge in [0.05, 0.1) is 17.5 Å². The number of nitrogens with zero attached hydrogens (tertiary/aromatic N) is 3. The van der Waals surface area contributed by atoms with Crippen molar-refractivity contribution in [3.05, 3.63) is 72.1 Å². The summed E-state index contributed by atoms with van der Waals surface area (Å²) in [6.45, 7) is 2.05. The quantitative estimate of drug-likeness (QED) is 0.633. The molecule has 2 aromatic carbocycles. The van der Waals surface area contributed by atoms with Gasteiger partial charge in [-0.05, 0) is 42.9 Å². The molecule has 1 heterocycles. The number of nitrogens with one attached hydrogen (secondary N) is 1. The summed E-state index contributed by atoms with van der Waals surface area (Å²) in [6, 6.07) is 18.4. The first kappa shape index (κ1) is 17.8. The lowest BCUT2D eigenvalue weighted by atomic mass is 10.0. The third-order valence-electron chi connectivity index (χ3n) is 4.79. The normalized spacial score (nSPS) is 14.7. The van der Waals surface area contributed by atoms with Crippen molar-refractivity contribution >= 4 is 17.7 Å². The molecular weight excluding hydrogens is 356 g/mol. The van der Waals surface area contributed by atoms with Crippen molar-refractivity contribution in [3.63, 3.8) is 0 Å². The van der Waals surface area contributed by atoms with Crippen LogP contribution in [0.1, 0.15) is 30.0 Å². The molecule has 1 fully saturated rings. The minimum Gasteiger partial charge on any atom is -0.348 e. The Balaban J connectivity index is 1.42. The lowest BCUT2D eigenvalue weighted by Crippen LogP contribution is -2.31. The van der Waals surface area contributed by atoms with E-state index in [0.717, 1.165) is 16.4 Å². The number of hydrogen-bond donors (Lipinski definition) is 1. The van der Waals surface area contributed by atoms with Crippen LogP contribution < -0.4 is 5.32 Å². The number of benzene rings is 2. The topological polar surface area (TPSA) is 59.8 Å². The monoisotopic (exact) mass is 378 g/mol. The Morgan fingerprint density at radius 1 is 1.19 bits per heavy atom. The van der Waals surface area contributed by atoms with E-state index in [1.54, 1.807) is 6.33 Å². The Labute approximate surface area is 163 Å². The minimum atomic E-state index is 0.0279. The second-order valence-electron chi connectivity index (χ2n) is 6.85. The van der Waals surface area contributed by atoms with Gasteiger partial charge in [0.15, 0.2) is 5.16 Å². The Hall–Kier alpha value is -2.60. The predicted octanol–water partition coefficient (Wildman–Crippen LogP) is 3.94. The van der Waals surface area contributed by atoms with Gasteiger partial charge in [-0.15, -0.1) is 10.2 Å². The van der Waals surface area contributed by atoms with Gasteiger partial charge in [0, 0.05) is 0 Å². The van der Waals surface area contributed by atoms with Gasteiger partial charge >= 0.3 is 0 Å². The van der Waals surface area contributed by atoms with Gasteiger partial charge in [0.25, 0.3) is 0 Å². The lowest BCUT2D eigenvalue weighted by molar-refractivity contribution is -0.119. The smallest absolute Gasteiger partial charge is 0.230 e. The van der Waals surface area contributed by atoms with E-state index < -0.39 is 0 Å². The summed E-state index contributed by atoms with van der Waals surface area (Å²) >= 11 is 1.41. The number of amides is 1. The molecule has 138 valence electrons. The highest BCUT2D eigenvalue weighted by Crippen LogP contribution is 2.41. The maximum absolute atomic E-state index is 12.6. The molecule has 0 saturated heterocycles. The van der Waals surface area contributed by atoms with Crippen LogP contribution in [-0.2, 0) is 4.79 Å². The second kappa shape index (κ2) is 7.96. The van der Waals surface area contributed by atoms with E-state index in [0.29, 0.717) is 11.7 Å². The van der Waals surface area contributed by atoms with Crippen LogP contribution in [0.15, 0.2) is 66.1 Å². The van der Waals surface area contributed by atoms with Crippen molar-refractivity contribution in [1.82, 2.24) is 20.1 Å². The molecule has 1 atom stereocenters. The average molecular weight is 379 g/mol. The largest absolute Gasteiger partial charge is 0.348 e. The van der Waals surface area contributed by atoms with Gasteiger partial charge in [-0.25, -0.2) is 0 Å². The number of rotatable bonds is 7. The summed E-state index contributed by atoms with van der Waals surface area (Å²) in [6.07, 6.45) is 4.04. The molecule has 5 nitrogen and oxygen atoms in total. The van der Waals surface area contributed by atoms with Crippen LogP contribution in [0.3, 0.4) is 0 Å². The van der Waals surface area contributed by atoms with Crippen LogP contribution in [0, 0.1) is 12.8 Å². The minimum absolute atomic E-state index is 0.0279. The molecule has 1 aliphatic carbocycles. The molecule has 1 unspecified atom stereocenters. The number of aromatic nitrogens is 3. The molecule has 1 aliphatic rings. The van der Waals surface area contributed by atoms with Crippen LogP contribution in [0.5, 0.6) is 0 Å². The number of carbonyl (C=O) groups is 1. The third-order valence-corrected chi connectivity index (χ3v) is 5.74. The van der Waals surface area contributed by atoms with E-state index in [2.05, 4.69) is 40.6 Å². The first-order valence-corrected chi connectivity index (χ1v) is 10.1. The van der Waals surface area contributed by atoms with Gasteiger partial charge < -0.3 is 5.32 Å². The number of thioether (sulfide) groups is 1. The maximum Gasteiger partial charge on any atom is 0.230 e. The first-order chi connectivity index (χ1) is 13.2. The average Bonchev–Trinajstić information content (AvgIpc) is 3.43. The van der Waals surface area contributed by atoms with Crippen LogP contribution in [-0.4, -0.2) is 26.4 Å². The number of hydrogen-bond acceptors (Lipinski definition) is 4. The molecule has 1 saturated carbocycles. The second-order valence-corrected chi connectivity index (χ2v) is 7.79. The lowest BCUT2D eigenvalue weighted by Gasteiger charge is -2.18. The van der Waals surface area contributed by atoms with Crippen LogP contribution in [0.4, 0.5) is 0 Å². The summed E-state index contributed by atoms with van der Waals surface area (Å²) in [7, 11) is 0. The van der Waals surface area contributed by atoms with Gasteiger partial charge in [-0.3, -0.25) is 9.36 Å². The first-order valence-electron chi connectivity index (χ1n) is 9.15. The molecule has 4 rings (SSSR count). The van der Waals surface area contributed by atoms with E-state index in [1.165, 1.54) is 30.2 Å². The molecular formula is C21H22N4OS. The molecule has 6 heteroatoms. The van der Waals surface area contributed by atoms with Crippen molar-refractivity contribution in [2.45, 2.75) is 31.0 Å². The summed E-state index contributed by atoms with van der Waals surface area (Å²) in [5.74, 6) is 0.901. The maximum atomic E-state index is 12.6. The van der Waals surface area contributed by atoms with Gasteiger partial charge in [0.2, 0.25) is 5.91 Å². The van der Waals surface area contributed by atoms with Crippen LogP contribution in [0.25, 0.3) is 5.69 Å². The summed E-state index contributed by atoms with van der Waals surface area (Å²) in [4.78, 5) is 12.6. The highest BCUT2D eigenvalue weighted by molar-refractivity contribution is 7.99. The summed E-state index contributed by atoms with van der Waals surface area (Å²) in [5, 5.41) is 12.1. The zero-order valence-electron chi connectivity index (χ0n) is 15.2. The molecule has 1 N–H and O–H groups in total. The van der Waals surface area contributed by atoms with Crippen molar-refractivity contribution in [2.75, 3.05) is 5.75 Å².